The minimum atomic E-state index is -2.47. The second-order valence-corrected chi connectivity index (χ2v) is 4.45. The summed E-state index contributed by atoms with van der Waals surface area (Å²) in [6, 6.07) is 3.85. The molecule has 96 valence electrons. The quantitative estimate of drug-likeness (QED) is 0.405. The van der Waals surface area contributed by atoms with Crippen molar-refractivity contribution in [3.63, 3.8) is 0 Å². The molecule has 0 radical (unpaired) electrons. The summed E-state index contributed by atoms with van der Waals surface area (Å²) in [5.74, 6) is -1.75. The molecule has 20 heavy (non-hydrogen) atoms. The van der Waals surface area contributed by atoms with Crippen LogP contribution in [0.3, 0.4) is 0 Å². The molecule has 1 aliphatic heterocycles. The molecule has 0 aliphatic carbocycles. The number of ether oxygens (including phenoxy) is 1. The van der Waals surface area contributed by atoms with Crippen molar-refractivity contribution in [3.8, 4) is 5.75 Å². The van der Waals surface area contributed by atoms with Gasteiger partial charge < -0.3 is 24.1 Å². The standard InChI is InChI=1S/C10H9NO6S.2Na/c12-9-5-17-8-2-1-6(18(15)16)3-7(8)11(9)4-10(13)14;;/h1-3H,4-5H2,(H,13,14)(H,15,16);;/q;2*+1/p-2. The number of carbonyl (C=O) groups is 2. The largest absolute Gasteiger partial charge is 1.00 e. The van der Waals surface area contributed by atoms with E-state index >= 15 is 0 Å². The number of amides is 1. The molecule has 7 nitrogen and oxygen atoms in total. The van der Waals surface area contributed by atoms with Gasteiger partial charge in [0.25, 0.3) is 5.91 Å². The van der Waals surface area contributed by atoms with E-state index in [1.165, 1.54) is 18.2 Å². The van der Waals surface area contributed by atoms with Crippen molar-refractivity contribution in [1.82, 2.24) is 0 Å². The first-order valence-corrected chi connectivity index (χ1v) is 5.93. The van der Waals surface area contributed by atoms with Crippen LogP contribution in [0.25, 0.3) is 0 Å². The number of aliphatic carboxylic acids is 1. The Morgan fingerprint density at radius 2 is 2.05 bits per heavy atom. The van der Waals surface area contributed by atoms with Gasteiger partial charge in [-0.15, -0.1) is 0 Å². The molecule has 0 bridgehead atoms. The van der Waals surface area contributed by atoms with Gasteiger partial charge in [-0.05, 0) is 29.3 Å². The average molecular weight is 315 g/mol. The van der Waals surface area contributed by atoms with E-state index in [4.69, 9.17) is 4.74 Å². The summed E-state index contributed by atoms with van der Waals surface area (Å²) in [6.07, 6.45) is 0. The average Bonchev–Trinajstić information content (AvgIpc) is 2.31. The van der Waals surface area contributed by atoms with Crippen LogP contribution in [-0.2, 0) is 20.7 Å². The monoisotopic (exact) mass is 315 g/mol. The summed E-state index contributed by atoms with van der Waals surface area (Å²) in [5, 5.41) is 10.6. The normalized spacial score (nSPS) is 14.2. The number of hydrogen-bond acceptors (Lipinski definition) is 6. The third kappa shape index (κ3) is 4.54. The van der Waals surface area contributed by atoms with E-state index in [1.807, 2.05) is 0 Å². The fourth-order valence-electron chi connectivity index (χ4n) is 1.59. The van der Waals surface area contributed by atoms with Crippen LogP contribution >= 0.6 is 0 Å². The third-order valence-electron chi connectivity index (χ3n) is 2.35. The molecule has 0 N–H and O–H groups in total. The Balaban J connectivity index is 0.00000180. The summed E-state index contributed by atoms with van der Waals surface area (Å²) in [6.45, 7) is -0.940. The number of nitrogens with zero attached hydrogens (tertiary/aromatic N) is 1. The first kappa shape index (κ1) is 20.1. The minimum Gasteiger partial charge on any atom is -0.768 e. The Hall–Kier alpha value is 0.0700. The van der Waals surface area contributed by atoms with Crippen LogP contribution in [-0.4, -0.2) is 33.8 Å². The summed E-state index contributed by atoms with van der Waals surface area (Å²) in [4.78, 5) is 23.0. The maximum absolute atomic E-state index is 11.5. The van der Waals surface area contributed by atoms with E-state index in [9.17, 15) is 23.5 Å². The van der Waals surface area contributed by atoms with Gasteiger partial charge in [-0.1, -0.05) is 0 Å². The van der Waals surface area contributed by atoms with Crippen molar-refractivity contribution in [2.24, 2.45) is 0 Å². The smallest absolute Gasteiger partial charge is 0.768 e. The molecule has 10 heteroatoms. The predicted molar refractivity (Wildman–Crippen MR) is 56.5 cm³/mol. The Morgan fingerprint density at radius 1 is 1.40 bits per heavy atom. The molecule has 0 saturated carbocycles. The van der Waals surface area contributed by atoms with Crippen LogP contribution in [0.1, 0.15) is 0 Å². The fraction of sp³-hybridized carbons (Fsp3) is 0.200. The van der Waals surface area contributed by atoms with Crippen LogP contribution in [0.2, 0.25) is 0 Å². The SMILES string of the molecule is O=C([O-])CN1C(=O)COc2ccc(S(=O)[O-])cc21.[Na+].[Na+]. The van der Waals surface area contributed by atoms with Crippen molar-refractivity contribution < 1.29 is 87.3 Å². The Bertz CT molecular complexity index is 553. The number of anilines is 1. The second kappa shape index (κ2) is 8.50. The first-order valence-electron chi connectivity index (χ1n) is 4.85. The number of carboxylic acids is 1. The number of carbonyl (C=O) groups excluding carboxylic acids is 2. The molecule has 1 aromatic carbocycles. The van der Waals surface area contributed by atoms with E-state index in [0.29, 0.717) is 0 Å². The van der Waals surface area contributed by atoms with E-state index in [2.05, 4.69) is 0 Å². The topological polar surface area (TPSA) is 110 Å². The summed E-state index contributed by atoms with van der Waals surface area (Å²) in [5.41, 5.74) is 0.108. The van der Waals surface area contributed by atoms with Gasteiger partial charge in [-0.3, -0.25) is 9.00 Å². The van der Waals surface area contributed by atoms with Gasteiger partial charge in [0.15, 0.2) is 6.61 Å². The molecule has 0 saturated heterocycles. The minimum absolute atomic E-state index is 0. The number of hydrogen-bond donors (Lipinski definition) is 0. The molecule has 1 atom stereocenters. The number of carboxylic acid groups (broad SMARTS) is 1. The summed E-state index contributed by atoms with van der Waals surface area (Å²) < 4.78 is 26.7. The van der Waals surface area contributed by atoms with Crippen molar-refractivity contribution in [1.29, 1.82) is 0 Å². The zero-order valence-electron chi connectivity index (χ0n) is 11.0. The molecule has 0 fully saturated rings. The Kier molecular flexibility index (Phi) is 8.53. The van der Waals surface area contributed by atoms with E-state index in [-0.39, 0.29) is 82.1 Å². The fourth-order valence-corrected chi connectivity index (χ4v) is 1.98. The molecule has 1 amide bonds. The van der Waals surface area contributed by atoms with Gasteiger partial charge >= 0.3 is 59.1 Å². The second-order valence-electron chi connectivity index (χ2n) is 3.50. The van der Waals surface area contributed by atoms with Crippen molar-refractivity contribution in [3.05, 3.63) is 18.2 Å². The third-order valence-corrected chi connectivity index (χ3v) is 2.99. The Morgan fingerprint density at radius 3 is 2.60 bits per heavy atom. The first-order chi connectivity index (χ1) is 8.49. The molecule has 1 heterocycles. The zero-order chi connectivity index (χ0) is 13.3. The molecule has 1 aliphatic rings. The Labute approximate surface area is 161 Å². The van der Waals surface area contributed by atoms with Crippen molar-refractivity contribution in [2.75, 3.05) is 18.1 Å². The molecule has 0 aromatic heterocycles. The van der Waals surface area contributed by atoms with Gasteiger partial charge in [-0.25, -0.2) is 0 Å². The molecule has 0 spiro atoms. The van der Waals surface area contributed by atoms with Crippen molar-refractivity contribution in [2.45, 2.75) is 4.90 Å². The van der Waals surface area contributed by atoms with Gasteiger partial charge in [-0.2, -0.15) is 0 Å². The van der Waals surface area contributed by atoms with E-state index in [0.717, 1.165) is 4.90 Å². The summed E-state index contributed by atoms with van der Waals surface area (Å²) >= 11 is -2.47. The number of fused-ring (bicyclic) bond motifs is 1. The number of benzene rings is 1. The van der Waals surface area contributed by atoms with Crippen LogP contribution in [0, 0.1) is 0 Å². The predicted octanol–water partition coefficient (Wildman–Crippen LogP) is -7.59. The molecule has 1 unspecified atom stereocenters. The van der Waals surface area contributed by atoms with Gasteiger partial charge in [0.1, 0.15) is 5.75 Å². The van der Waals surface area contributed by atoms with Crippen LogP contribution in [0.5, 0.6) is 5.75 Å². The molecule has 2 rings (SSSR count). The van der Waals surface area contributed by atoms with Crippen LogP contribution in [0.15, 0.2) is 23.1 Å². The maximum atomic E-state index is 11.5. The maximum Gasteiger partial charge on any atom is 1.00 e. The van der Waals surface area contributed by atoms with Gasteiger partial charge in [0, 0.05) is 4.90 Å². The van der Waals surface area contributed by atoms with Crippen LogP contribution < -0.4 is 73.9 Å². The van der Waals surface area contributed by atoms with E-state index < -0.39 is 29.5 Å². The summed E-state index contributed by atoms with van der Waals surface area (Å²) in [7, 11) is 0. The molecular formula is C10H7NNa2O6S. The zero-order valence-corrected chi connectivity index (χ0v) is 15.8. The molecular weight excluding hydrogens is 308 g/mol. The van der Waals surface area contributed by atoms with Crippen LogP contribution in [0.4, 0.5) is 5.69 Å². The van der Waals surface area contributed by atoms with Crippen molar-refractivity contribution >= 4 is 28.6 Å². The molecule has 1 aromatic rings. The van der Waals surface area contributed by atoms with Gasteiger partial charge in [0.2, 0.25) is 0 Å². The number of rotatable bonds is 3. The van der Waals surface area contributed by atoms with E-state index in [1.54, 1.807) is 0 Å². The van der Waals surface area contributed by atoms with Gasteiger partial charge in [0.05, 0.1) is 18.2 Å².